The van der Waals surface area contributed by atoms with E-state index in [1.807, 2.05) is 6.92 Å². The molecule has 0 radical (unpaired) electrons. The van der Waals surface area contributed by atoms with Crippen molar-refractivity contribution in [2.75, 3.05) is 26.7 Å². The first kappa shape index (κ1) is 13.5. The first-order chi connectivity index (χ1) is 7.25. The molecule has 1 saturated heterocycles. The summed E-state index contributed by atoms with van der Waals surface area (Å²) in [6, 6.07) is 0. The van der Waals surface area contributed by atoms with Crippen molar-refractivity contribution in [1.29, 1.82) is 0 Å². The topological polar surface area (TPSA) is 52.6 Å². The average Bonchev–Trinajstić information content (AvgIpc) is 2.15. The van der Waals surface area contributed by atoms with Gasteiger partial charge in [-0.1, -0.05) is 0 Å². The second kappa shape index (κ2) is 4.72. The van der Waals surface area contributed by atoms with Crippen LogP contribution in [-0.4, -0.2) is 48.2 Å². The molecular formula is C12H24N2O2. The molecule has 1 fully saturated rings. The molecule has 1 atom stereocenters. The number of carbonyl (C=O) groups is 1. The molecule has 1 aliphatic heterocycles. The summed E-state index contributed by atoms with van der Waals surface area (Å²) in [6.45, 7) is 7.56. The number of hydrogen-bond acceptors (Lipinski definition) is 3. The minimum Gasteiger partial charge on any atom is -0.389 e. The molecule has 4 heteroatoms. The van der Waals surface area contributed by atoms with Crippen LogP contribution in [0, 0.1) is 5.41 Å². The maximum atomic E-state index is 12.3. The van der Waals surface area contributed by atoms with Gasteiger partial charge in [0.2, 0.25) is 5.91 Å². The van der Waals surface area contributed by atoms with Gasteiger partial charge < -0.3 is 15.3 Å². The van der Waals surface area contributed by atoms with Gasteiger partial charge in [-0.25, -0.2) is 0 Å². The number of likely N-dealkylation sites (N-methyl/N-ethyl adjacent to an activating group) is 1. The zero-order valence-corrected chi connectivity index (χ0v) is 10.8. The fourth-order valence-electron chi connectivity index (χ4n) is 2.35. The summed E-state index contributed by atoms with van der Waals surface area (Å²) in [4.78, 5) is 13.9. The van der Waals surface area contributed by atoms with Gasteiger partial charge in [-0.15, -0.1) is 0 Å². The molecule has 1 heterocycles. The minimum absolute atomic E-state index is 0.127. The molecule has 1 amide bonds. The molecule has 0 aliphatic carbocycles. The Morgan fingerprint density at radius 3 is 2.62 bits per heavy atom. The van der Waals surface area contributed by atoms with Gasteiger partial charge in [0.25, 0.3) is 0 Å². The molecule has 0 aromatic rings. The highest BCUT2D eigenvalue weighted by Gasteiger charge is 2.37. The van der Waals surface area contributed by atoms with Crippen LogP contribution in [0.1, 0.15) is 33.6 Å². The highest BCUT2D eigenvalue weighted by Crippen LogP contribution is 2.27. The van der Waals surface area contributed by atoms with Gasteiger partial charge in [0.1, 0.15) is 0 Å². The Morgan fingerprint density at radius 1 is 1.56 bits per heavy atom. The number of amides is 1. The summed E-state index contributed by atoms with van der Waals surface area (Å²) in [7, 11) is 1.76. The fraction of sp³-hybridized carbons (Fsp3) is 0.917. The van der Waals surface area contributed by atoms with Crippen LogP contribution < -0.4 is 5.32 Å². The van der Waals surface area contributed by atoms with E-state index in [-0.39, 0.29) is 11.3 Å². The minimum atomic E-state index is -0.830. The number of aliphatic hydroxyl groups is 1. The van der Waals surface area contributed by atoms with Crippen LogP contribution in [0.15, 0.2) is 0 Å². The third-order valence-corrected chi connectivity index (χ3v) is 3.08. The maximum absolute atomic E-state index is 12.3. The third-order valence-electron chi connectivity index (χ3n) is 3.08. The van der Waals surface area contributed by atoms with Crippen molar-refractivity contribution < 1.29 is 9.90 Å². The third kappa shape index (κ3) is 3.46. The van der Waals surface area contributed by atoms with Crippen molar-refractivity contribution in [3.05, 3.63) is 0 Å². The van der Waals surface area contributed by atoms with E-state index in [1.54, 1.807) is 25.8 Å². The van der Waals surface area contributed by atoms with E-state index in [0.29, 0.717) is 6.54 Å². The lowest BCUT2D eigenvalue weighted by atomic mass is 9.81. The zero-order valence-electron chi connectivity index (χ0n) is 10.8. The van der Waals surface area contributed by atoms with Crippen molar-refractivity contribution in [2.24, 2.45) is 5.41 Å². The first-order valence-electron chi connectivity index (χ1n) is 5.93. The smallest absolute Gasteiger partial charge is 0.229 e. The Bertz CT molecular complexity index is 252. The molecule has 1 rings (SSSR count). The predicted molar refractivity (Wildman–Crippen MR) is 64.1 cm³/mol. The molecule has 1 unspecified atom stereocenters. The fourth-order valence-corrected chi connectivity index (χ4v) is 2.35. The van der Waals surface area contributed by atoms with Gasteiger partial charge in [0, 0.05) is 20.1 Å². The van der Waals surface area contributed by atoms with E-state index in [4.69, 9.17) is 0 Å². The molecule has 0 bridgehead atoms. The predicted octanol–water partition coefficient (Wildman–Crippen LogP) is 0.605. The summed E-state index contributed by atoms with van der Waals surface area (Å²) >= 11 is 0. The standard InChI is InChI=1S/C12H24N2O2/c1-11(2,16)9-14(4)10(15)12(3)6-5-7-13-8-12/h13,16H,5-9H2,1-4H3. The molecule has 94 valence electrons. The van der Waals surface area contributed by atoms with Crippen molar-refractivity contribution >= 4 is 5.91 Å². The molecular weight excluding hydrogens is 204 g/mol. The Labute approximate surface area is 98.0 Å². The van der Waals surface area contributed by atoms with Crippen molar-refractivity contribution in [3.63, 3.8) is 0 Å². The van der Waals surface area contributed by atoms with Gasteiger partial charge in [0.15, 0.2) is 0 Å². The normalized spacial score (nSPS) is 26.6. The van der Waals surface area contributed by atoms with Crippen molar-refractivity contribution in [1.82, 2.24) is 10.2 Å². The number of hydrogen-bond donors (Lipinski definition) is 2. The summed E-state index contributed by atoms with van der Waals surface area (Å²) in [5, 5.41) is 13.0. The van der Waals surface area contributed by atoms with E-state index < -0.39 is 5.60 Å². The average molecular weight is 228 g/mol. The summed E-state index contributed by atoms with van der Waals surface area (Å²) < 4.78 is 0. The number of nitrogens with one attached hydrogen (secondary N) is 1. The van der Waals surface area contributed by atoms with E-state index in [0.717, 1.165) is 25.9 Å². The summed E-state index contributed by atoms with van der Waals surface area (Å²) in [5.41, 5.74) is -1.14. The van der Waals surface area contributed by atoms with Gasteiger partial charge >= 0.3 is 0 Å². The van der Waals surface area contributed by atoms with Crippen LogP contribution in [-0.2, 0) is 4.79 Å². The Balaban J connectivity index is 2.62. The van der Waals surface area contributed by atoms with E-state index >= 15 is 0 Å². The number of nitrogens with zero attached hydrogens (tertiary/aromatic N) is 1. The maximum Gasteiger partial charge on any atom is 0.229 e. The first-order valence-corrected chi connectivity index (χ1v) is 5.93. The van der Waals surface area contributed by atoms with E-state index in [1.165, 1.54) is 0 Å². The Kier molecular flexibility index (Phi) is 3.97. The van der Waals surface area contributed by atoms with Crippen molar-refractivity contribution in [3.8, 4) is 0 Å². The SMILES string of the molecule is CN(CC(C)(C)O)C(=O)C1(C)CCCNC1. The second-order valence-electron chi connectivity index (χ2n) is 5.81. The number of carbonyl (C=O) groups excluding carboxylic acids is 1. The zero-order chi connectivity index (χ0) is 12.4. The van der Waals surface area contributed by atoms with Crippen molar-refractivity contribution in [2.45, 2.75) is 39.2 Å². The molecule has 2 N–H and O–H groups in total. The lowest BCUT2D eigenvalue weighted by molar-refractivity contribution is -0.143. The molecule has 0 spiro atoms. The summed E-state index contributed by atoms with van der Waals surface area (Å²) in [6.07, 6.45) is 1.97. The van der Waals surface area contributed by atoms with Gasteiger partial charge in [-0.3, -0.25) is 4.79 Å². The molecule has 16 heavy (non-hydrogen) atoms. The van der Waals surface area contributed by atoms with Crippen LogP contribution in [0.3, 0.4) is 0 Å². The van der Waals surface area contributed by atoms with Crippen LogP contribution >= 0.6 is 0 Å². The molecule has 1 aliphatic rings. The van der Waals surface area contributed by atoms with Crippen LogP contribution in [0.25, 0.3) is 0 Å². The highest BCUT2D eigenvalue weighted by atomic mass is 16.3. The van der Waals surface area contributed by atoms with Gasteiger partial charge in [0.05, 0.1) is 11.0 Å². The molecule has 4 nitrogen and oxygen atoms in total. The van der Waals surface area contributed by atoms with Crippen LogP contribution in [0.2, 0.25) is 0 Å². The molecule has 0 aromatic carbocycles. The second-order valence-corrected chi connectivity index (χ2v) is 5.81. The van der Waals surface area contributed by atoms with E-state index in [2.05, 4.69) is 5.32 Å². The molecule has 0 saturated carbocycles. The van der Waals surface area contributed by atoms with Gasteiger partial charge in [-0.05, 0) is 40.2 Å². The lowest BCUT2D eigenvalue weighted by Gasteiger charge is -2.37. The van der Waals surface area contributed by atoms with Crippen LogP contribution in [0.4, 0.5) is 0 Å². The number of rotatable bonds is 3. The summed E-state index contributed by atoms with van der Waals surface area (Å²) in [5.74, 6) is 0.127. The number of piperidine rings is 1. The van der Waals surface area contributed by atoms with Gasteiger partial charge in [-0.2, -0.15) is 0 Å². The Hall–Kier alpha value is -0.610. The lowest BCUT2D eigenvalue weighted by Crippen LogP contribution is -2.51. The highest BCUT2D eigenvalue weighted by molar-refractivity contribution is 5.82. The quantitative estimate of drug-likeness (QED) is 0.744. The monoisotopic (exact) mass is 228 g/mol. The van der Waals surface area contributed by atoms with Crippen LogP contribution in [0.5, 0.6) is 0 Å². The Morgan fingerprint density at radius 2 is 2.19 bits per heavy atom. The molecule has 0 aromatic heterocycles. The largest absolute Gasteiger partial charge is 0.389 e. The van der Waals surface area contributed by atoms with E-state index in [9.17, 15) is 9.90 Å².